The van der Waals surface area contributed by atoms with Gasteiger partial charge < -0.3 is 10.1 Å². The number of thiophene rings is 1. The first-order chi connectivity index (χ1) is 8.31. The summed E-state index contributed by atoms with van der Waals surface area (Å²) in [5, 5.41) is 3.62. The average molecular weight is 274 g/mol. The van der Waals surface area contributed by atoms with Crippen molar-refractivity contribution in [2.75, 3.05) is 19.8 Å². The fraction of sp³-hybridized carbons (Fsp3) is 0.692. The van der Waals surface area contributed by atoms with Crippen LogP contribution in [-0.2, 0) is 11.2 Å². The molecule has 1 aromatic rings. The highest BCUT2D eigenvalue weighted by Gasteiger charge is 2.21. The molecule has 1 unspecified atom stereocenters. The summed E-state index contributed by atoms with van der Waals surface area (Å²) < 4.78 is 6.27. The smallest absolute Gasteiger partial charge is 0.0934 e. The van der Waals surface area contributed by atoms with Gasteiger partial charge in [-0.15, -0.1) is 11.3 Å². The van der Waals surface area contributed by atoms with Gasteiger partial charge in [0.15, 0.2) is 0 Å². The third-order valence-corrected chi connectivity index (χ3v) is 4.48. The molecular weight excluding hydrogens is 254 g/mol. The number of halogens is 1. The van der Waals surface area contributed by atoms with E-state index in [0.29, 0.717) is 6.04 Å². The molecule has 1 N–H and O–H groups in total. The lowest BCUT2D eigenvalue weighted by Gasteiger charge is -2.23. The highest BCUT2D eigenvalue weighted by Crippen LogP contribution is 2.37. The Hall–Kier alpha value is -0.0900. The van der Waals surface area contributed by atoms with Gasteiger partial charge in [-0.1, -0.05) is 11.6 Å². The largest absolute Gasteiger partial charge is 0.382 e. The number of rotatable bonds is 6. The normalized spacial score (nSPS) is 19.3. The second-order valence-electron chi connectivity index (χ2n) is 4.38. The van der Waals surface area contributed by atoms with E-state index in [1.54, 1.807) is 11.3 Å². The monoisotopic (exact) mass is 273 g/mol. The minimum Gasteiger partial charge on any atom is -0.382 e. The summed E-state index contributed by atoms with van der Waals surface area (Å²) in [5.41, 5.74) is 1.43. The maximum Gasteiger partial charge on any atom is 0.0934 e. The lowest BCUT2D eigenvalue weighted by atomic mass is 9.94. The summed E-state index contributed by atoms with van der Waals surface area (Å²) in [7, 11) is 0. The zero-order valence-electron chi connectivity index (χ0n) is 10.3. The lowest BCUT2D eigenvalue weighted by molar-refractivity contribution is 0.144. The number of hydrogen-bond donors (Lipinski definition) is 1. The summed E-state index contributed by atoms with van der Waals surface area (Å²) in [6.07, 6.45) is 4.78. The zero-order chi connectivity index (χ0) is 12.1. The van der Waals surface area contributed by atoms with Crippen LogP contribution in [-0.4, -0.2) is 19.8 Å². The van der Waals surface area contributed by atoms with Crippen LogP contribution in [0.15, 0.2) is 6.07 Å². The molecule has 0 aromatic carbocycles. The summed E-state index contributed by atoms with van der Waals surface area (Å²) in [4.78, 5) is 1.48. The molecule has 96 valence electrons. The van der Waals surface area contributed by atoms with Crippen molar-refractivity contribution >= 4 is 22.9 Å². The molecule has 0 radical (unpaired) electrons. The molecule has 1 atom stereocenters. The minimum absolute atomic E-state index is 0.504. The van der Waals surface area contributed by atoms with Crippen molar-refractivity contribution in [2.24, 2.45) is 0 Å². The second kappa shape index (κ2) is 6.74. The van der Waals surface area contributed by atoms with Gasteiger partial charge in [-0.05, 0) is 50.8 Å². The Balaban J connectivity index is 1.82. The Kier molecular flexibility index (Phi) is 5.29. The van der Waals surface area contributed by atoms with Crippen LogP contribution in [0.2, 0.25) is 4.34 Å². The Morgan fingerprint density at radius 2 is 2.47 bits per heavy atom. The van der Waals surface area contributed by atoms with E-state index in [1.807, 2.05) is 6.92 Å². The number of hydrogen-bond acceptors (Lipinski definition) is 3. The fourth-order valence-electron chi connectivity index (χ4n) is 2.33. The molecule has 0 fully saturated rings. The van der Waals surface area contributed by atoms with Gasteiger partial charge in [-0.3, -0.25) is 0 Å². The van der Waals surface area contributed by atoms with Crippen LogP contribution in [0.4, 0.5) is 0 Å². The molecule has 2 nitrogen and oxygen atoms in total. The van der Waals surface area contributed by atoms with E-state index in [-0.39, 0.29) is 0 Å². The van der Waals surface area contributed by atoms with Gasteiger partial charge in [-0.2, -0.15) is 0 Å². The van der Waals surface area contributed by atoms with Gasteiger partial charge in [0.25, 0.3) is 0 Å². The maximum absolute atomic E-state index is 6.09. The van der Waals surface area contributed by atoms with Crippen LogP contribution >= 0.6 is 22.9 Å². The van der Waals surface area contributed by atoms with Crippen LogP contribution in [0.3, 0.4) is 0 Å². The van der Waals surface area contributed by atoms with Crippen molar-refractivity contribution in [3.63, 3.8) is 0 Å². The molecule has 4 heteroatoms. The quantitative estimate of drug-likeness (QED) is 0.796. The van der Waals surface area contributed by atoms with Crippen LogP contribution in [0.5, 0.6) is 0 Å². The predicted molar refractivity (Wildman–Crippen MR) is 74.1 cm³/mol. The number of fused-ring (bicyclic) bond motifs is 1. The van der Waals surface area contributed by atoms with Crippen molar-refractivity contribution in [3.05, 3.63) is 20.8 Å². The molecule has 2 rings (SSSR count). The van der Waals surface area contributed by atoms with E-state index in [4.69, 9.17) is 16.3 Å². The molecule has 0 saturated carbocycles. The summed E-state index contributed by atoms with van der Waals surface area (Å²) in [6.45, 7) is 4.73. The Morgan fingerprint density at radius 1 is 1.59 bits per heavy atom. The minimum atomic E-state index is 0.504. The molecule has 1 aliphatic carbocycles. The van der Waals surface area contributed by atoms with Crippen molar-refractivity contribution in [1.29, 1.82) is 0 Å². The van der Waals surface area contributed by atoms with Gasteiger partial charge in [0, 0.05) is 24.1 Å². The standard InChI is InChI=1S/C13H20ClNOS/c1-2-16-8-4-7-15-11-5-3-6-12-10(11)9-13(14)17-12/h9,11,15H,2-8H2,1H3. The van der Waals surface area contributed by atoms with Crippen molar-refractivity contribution in [2.45, 2.75) is 38.6 Å². The Morgan fingerprint density at radius 3 is 3.29 bits per heavy atom. The molecule has 17 heavy (non-hydrogen) atoms. The summed E-state index contributed by atoms with van der Waals surface area (Å²) >= 11 is 7.83. The maximum atomic E-state index is 6.09. The molecule has 0 amide bonds. The highest BCUT2D eigenvalue weighted by atomic mass is 35.5. The molecule has 0 bridgehead atoms. The number of nitrogens with one attached hydrogen (secondary N) is 1. The lowest BCUT2D eigenvalue weighted by Crippen LogP contribution is -2.25. The highest BCUT2D eigenvalue weighted by molar-refractivity contribution is 7.16. The SMILES string of the molecule is CCOCCCNC1CCCc2sc(Cl)cc21. The summed E-state index contributed by atoms with van der Waals surface area (Å²) in [6, 6.07) is 2.64. The van der Waals surface area contributed by atoms with E-state index < -0.39 is 0 Å². The Labute approximate surface area is 112 Å². The summed E-state index contributed by atoms with van der Waals surface area (Å²) in [5.74, 6) is 0. The number of aryl methyl sites for hydroxylation is 1. The first-order valence-corrected chi connectivity index (χ1v) is 7.60. The van der Waals surface area contributed by atoms with Gasteiger partial charge in [0.1, 0.15) is 0 Å². The van der Waals surface area contributed by atoms with E-state index in [2.05, 4.69) is 11.4 Å². The third-order valence-electron chi connectivity index (χ3n) is 3.14. The molecule has 0 spiro atoms. The van der Waals surface area contributed by atoms with E-state index in [1.165, 1.54) is 29.7 Å². The third kappa shape index (κ3) is 3.68. The zero-order valence-corrected chi connectivity index (χ0v) is 11.9. The predicted octanol–water partition coefficient (Wildman–Crippen LogP) is 3.80. The van der Waals surface area contributed by atoms with Gasteiger partial charge >= 0.3 is 0 Å². The average Bonchev–Trinajstić information content (AvgIpc) is 2.70. The number of ether oxygens (including phenoxy) is 1. The first kappa shape index (κ1) is 13.3. The Bertz CT molecular complexity index is 353. The molecular formula is C13H20ClNOS. The van der Waals surface area contributed by atoms with Crippen molar-refractivity contribution in [3.8, 4) is 0 Å². The van der Waals surface area contributed by atoms with Crippen LogP contribution in [0.25, 0.3) is 0 Å². The van der Waals surface area contributed by atoms with Crippen molar-refractivity contribution in [1.82, 2.24) is 5.32 Å². The molecule has 1 aliphatic rings. The van der Waals surface area contributed by atoms with Crippen molar-refractivity contribution < 1.29 is 4.74 Å². The van der Waals surface area contributed by atoms with Crippen LogP contribution in [0.1, 0.15) is 42.7 Å². The van der Waals surface area contributed by atoms with Gasteiger partial charge in [-0.25, -0.2) is 0 Å². The fourth-order valence-corrected chi connectivity index (χ4v) is 3.71. The van der Waals surface area contributed by atoms with E-state index in [9.17, 15) is 0 Å². The molecule has 0 aliphatic heterocycles. The first-order valence-electron chi connectivity index (χ1n) is 6.40. The van der Waals surface area contributed by atoms with Crippen LogP contribution in [0, 0.1) is 0 Å². The molecule has 1 heterocycles. The van der Waals surface area contributed by atoms with Crippen LogP contribution < -0.4 is 5.32 Å². The van der Waals surface area contributed by atoms with Gasteiger partial charge in [0.2, 0.25) is 0 Å². The molecule has 1 aromatic heterocycles. The van der Waals surface area contributed by atoms with E-state index >= 15 is 0 Å². The molecule has 0 saturated heterocycles. The second-order valence-corrected chi connectivity index (χ2v) is 6.15. The van der Waals surface area contributed by atoms with Gasteiger partial charge in [0.05, 0.1) is 4.34 Å². The topological polar surface area (TPSA) is 21.3 Å². The van der Waals surface area contributed by atoms with E-state index in [0.717, 1.165) is 30.5 Å².